The molecule has 9 N–H and O–H groups in total. The fraction of sp³-hybridized carbons (Fsp3) is 0.500. The van der Waals surface area contributed by atoms with E-state index >= 15 is 0 Å². The Morgan fingerprint density at radius 1 is 0.838 bits per heavy atom. The van der Waals surface area contributed by atoms with E-state index in [1.54, 1.807) is 44.2 Å². The van der Waals surface area contributed by atoms with Crippen LogP contribution in [0.5, 0.6) is 0 Å². The first kappa shape index (κ1) is 31.0. The van der Waals surface area contributed by atoms with E-state index in [0.717, 1.165) is 0 Å². The topological polar surface area (TPSA) is 231 Å². The van der Waals surface area contributed by atoms with Crippen molar-refractivity contribution in [3.63, 3.8) is 0 Å². The summed E-state index contributed by atoms with van der Waals surface area (Å²) in [6.45, 7) is 3.59. The van der Waals surface area contributed by atoms with E-state index in [-0.39, 0.29) is 31.6 Å². The molecule has 0 aliphatic carbocycles. The summed E-state index contributed by atoms with van der Waals surface area (Å²) in [5.41, 5.74) is 11.6. The Balaban J connectivity index is 3.11. The number of hydrogen-bond donors (Lipinski definition) is 7. The molecule has 0 saturated carbocycles. The normalized spacial score (nSPS) is 14.1. The molecule has 4 atom stereocenters. The Hall–Kier alpha value is -4.00. The van der Waals surface area contributed by atoms with Gasteiger partial charge in [0.25, 0.3) is 0 Å². The van der Waals surface area contributed by atoms with Crippen molar-refractivity contribution in [1.82, 2.24) is 16.0 Å². The van der Waals surface area contributed by atoms with Crippen molar-refractivity contribution in [3.8, 4) is 0 Å². The van der Waals surface area contributed by atoms with E-state index < -0.39 is 66.2 Å². The molecule has 0 fully saturated rings. The number of primary amides is 1. The molecule has 13 heteroatoms. The monoisotopic (exact) mass is 521 g/mol. The summed E-state index contributed by atoms with van der Waals surface area (Å²) in [7, 11) is 0. The third kappa shape index (κ3) is 12.0. The molecule has 0 aliphatic rings. The van der Waals surface area contributed by atoms with Gasteiger partial charge in [0.15, 0.2) is 0 Å². The molecule has 0 aliphatic heterocycles. The van der Waals surface area contributed by atoms with Gasteiger partial charge in [-0.15, -0.1) is 0 Å². The van der Waals surface area contributed by atoms with Crippen LogP contribution in [0.25, 0.3) is 0 Å². The van der Waals surface area contributed by atoms with Gasteiger partial charge < -0.3 is 37.6 Å². The first-order valence-corrected chi connectivity index (χ1v) is 11.7. The molecule has 0 heterocycles. The number of nitrogens with two attached hydrogens (primary N) is 2. The lowest BCUT2D eigenvalue weighted by Gasteiger charge is -2.25. The number of carbonyl (C=O) groups excluding carboxylic acids is 4. The van der Waals surface area contributed by atoms with Gasteiger partial charge in [-0.2, -0.15) is 0 Å². The molecule has 0 saturated heterocycles. The highest BCUT2D eigenvalue weighted by Gasteiger charge is 2.31. The van der Waals surface area contributed by atoms with E-state index in [1.807, 2.05) is 0 Å². The number of carbonyl (C=O) groups is 6. The number of aliphatic carboxylic acids is 2. The number of nitrogens with one attached hydrogen (secondary N) is 3. The number of carboxylic acids is 2. The van der Waals surface area contributed by atoms with E-state index in [9.17, 15) is 33.9 Å². The van der Waals surface area contributed by atoms with Gasteiger partial charge in [0.2, 0.25) is 23.6 Å². The van der Waals surface area contributed by atoms with Crippen LogP contribution in [0, 0.1) is 5.92 Å². The molecule has 204 valence electrons. The first-order chi connectivity index (χ1) is 17.3. The van der Waals surface area contributed by atoms with Crippen molar-refractivity contribution < 1.29 is 39.0 Å². The molecule has 37 heavy (non-hydrogen) atoms. The zero-order chi connectivity index (χ0) is 28.1. The van der Waals surface area contributed by atoms with Gasteiger partial charge >= 0.3 is 11.9 Å². The summed E-state index contributed by atoms with van der Waals surface area (Å²) in [6.07, 6.45) is -1.07. The highest BCUT2D eigenvalue weighted by Crippen LogP contribution is 2.09. The van der Waals surface area contributed by atoms with Crippen LogP contribution in [0.1, 0.15) is 45.1 Å². The minimum absolute atomic E-state index is 0.0121. The Morgan fingerprint density at radius 3 is 1.89 bits per heavy atom. The second kappa shape index (κ2) is 15.2. The quantitative estimate of drug-likeness (QED) is 0.139. The molecule has 13 nitrogen and oxygen atoms in total. The van der Waals surface area contributed by atoms with Crippen LogP contribution in [0.15, 0.2) is 30.3 Å². The van der Waals surface area contributed by atoms with Crippen LogP contribution in [0.3, 0.4) is 0 Å². The van der Waals surface area contributed by atoms with Crippen LogP contribution in [0.4, 0.5) is 0 Å². The van der Waals surface area contributed by atoms with Gasteiger partial charge in [0, 0.05) is 12.8 Å². The molecule has 4 amide bonds. The zero-order valence-corrected chi connectivity index (χ0v) is 20.8. The SMILES string of the molecule is CC(C)CC(NC(=O)C(Cc1ccccc1)NC(=O)C(CC(N)=O)NC(=O)C(N)CCC(=O)O)C(=O)O. The fourth-order valence-electron chi connectivity index (χ4n) is 3.40. The summed E-state index contributed by atoms with van der Waals surface area (Å²) in [6, 6.07) is 3.39. The molecule has 1 aromatic carbocycles. The molecular formula is C24H35N5O8. The Morgan fingerprint density at radius 2 is 1.38 bits per heavy atom. The first-order valence-electron chi connectivity index (χ1n) is 11.7. The number of hydrogen-bond acceptors (Lipinski definition) is 7. The van der Waals surface area contributed by atoms with Crippen molar-refractivity contribution in [2.45, 2.75) is 70.1 Å². The lowest BCUT2D eigenvalue weighted by Crippen LogP contribution is -2.58. The van der Waals surface area contributed by atoms with Crippen molar-refractivity contribution in [1.29, 1.82) is 0 Å². The van der Waals surface area contributed by atoms with Crippen molar-refractivity contribution in [3.05, 3.63) is 35.9 Å². The number of amides is 4. The number of rotatable bonds is 16. The van der Waals surface area contributed by atoms with E-state index in [2.05, 4.69) is 16.0 Å². The second-order valence-corrected chi connectivity index (χ2v) is 9.05. The maximum Gasteiger partial charge on any atom is 0.326 e. The Labute approximate surface area is 214 Å². The maximum atomic E-state index is 13.1. The van der Waals surface area contributed by atoms with Gasteiger partial charge in [0.1, 0.15) is 18.1 Å². The molecule has 4 unspecified atom stereocenters. The summed E-state index contributed by atoms with van der Waals surface area (Å²) in [4.78, 5) is 72.4. The van der Waals surface area contributed by atoms with Crippen molar-refractivity contribution in [2.75, 3.05) is 0 Å². The van der Waals surface area contributed by atoms with Crippen molar-refractivity contribution >= 4 is 35.6 Å². The summed E-state index contributed by atoms with van der Waals surface area (Å²) >= 11 is 0. The van der Waals surface area contributed by atoms with Gasteiger partial charge in [-0.1, -0.05) is 44.2 Å². The Kier molecular flexibility index (Phi) is 12.7. The summed E-state index contributed by atoms with van der Waals surface area (Å²) in [5.74, 6) is -5.94. The van der Waals surface area contributed by atoms with Gasteiger partial charge in [-0.25, -0.2) is 4.79 Å². The number of benzene rings is 1. The van der Waals surface area contributed by atoms with Crippen LogP contribution < -0.4 is 27.4 Å². The highest BCUT2D eigenvalue weighted by molar-refractivity contribution is 5.96. The number of carboxylic acid groups (broad SMARTS) is 2. The van der Waals surface area contributed by atoms with E-state index in [4.69, 9.17) is 16.6 Å². The average molecular weight is 522 g/mol. The van der Waals surface area contributed by atoms with Gasteiger partial charge in [-0.3, -0.25) is 24.0 Å². The lowest BCUT2D eigenvalue weighted by atomic mass is 10.0. The smallest absolute Gasteiger partial charge is 0.326 e. The standard InChI is InChI=1S/C24H35N5O8/c1-13(2)10-18(24(36)37)29-22(34)16(11-14-6-4-3-5-7-14)28-23(35)17(12-19(26)30)27-21(33)15(25)8-9-20(31)32/h3-7,13,15-18H,8-12,25H2,1-2H3,(H2,26,30)(H,27,33)(H,28,35)(H,29,34)(H,31,32)(H,36,37). The third-order valence-corrected chi connectivity index (χ3v) is 5.28. The Bertz CT molecular complexity index is 969. The predicted octanol–water partition coefficient (Wildman–Crippen LogP) is -1.12. The van der Waals surface area contributed by atoms with Crippen LogP contribution >= 0.6 is 0 Å². The molecule has 0 bridgehead atoms. The zero-order valence-electron chi connectivity index (χ0n) is 20.8. The van der Waals surface area contributed by atoms with Crippen molar-refractivity contribution in [2.24, 2.45) is 17.4 Å². The molecule has 0 radical (unpaired) electrons. The predicted molar refractivity (Wildman–Crippen MR) is 132 cm³/mol. The van der Waals surface area contributed by atoms with Crippen LogP contribution in [0.2, 0.25) is 0 Å². The van der Waals surface area contributed by atoms with Gasteiger partial charge in [-0.05, 0) is 24.3 Å². The summed E-state index contributed by atoms with van der Waals surface area (Å²) < 4.78 is 0. The average Bonchev–Trinajstić information content (AvgIpc) is 2.80. The molecule has 0 spiro atoms. The lowest BCUT2D eigenvalue weighted by molar-refractivity contribution is -0.143. The molecular weight excluding hydrogens is 486 g/mol. The minimum Gasteiger partial charge on any atom is -0.481 e. The van der Waals surface area contributed by atoms with Crippen LogP contribution in [-0.2, 0) is 35.2 Å². The maximum absolute atomic E-state index is 13.1. The van der Waals surface area contributed by atoms with E-state index in [1.165, 1.54) is 0 Å². The molecule has 0 aromatic heterocycles. The van der Waals surface area contributed by atoms with E-state index in [0.29, 0.717) is 5.56 Å². The minimum atomic E-state index is -1.50. The highest BCUT2D eigenvalue weighted by atomic mass is 16.4. The third-order valence-electron chi connectivity index (χ3n) is 5.28. The van der Waals surface area contributed by atoms with Gasteiger partial charge in [0.05, 0.1) is 12.5 Å². The largest absolute Gasteiger partial charge is 0.481 e. The second-order valence-electron chi connectivity index (χ2n) is 9.05. The van der Waals surface area contributed by atoms with Crippen LogP contribution in [-0.4, -0.2) is 69.9 Å². The molecule has 1 aromatic rings. The fourth-order valence-corrected chi connectivity index (χ4v) is 3.40. The molecule has 1 rings (SSSR count). The summed E-state index contributed by atoms with van der Waals surface area (Å²) in [5, 5.41) is 25.4.